The third kappa shape index (κ3) is 4.02. The fraction of sp³-hybridized carbons (Fsp3) is 0.130. The summed E-state index contributed by atoms with van der Waals surface area (Å²) >= 11 is 1.51. The minimum atomic E-state index is -0.577. The number of hydrogen-bond donors (Lipinski definition) is 1. The molecular formula is C23H19FN2O3S. The normalized spacial score (nSPS) is 15.9. The summed E-state index contributed by atoms with van der Waals surface area (Å²) in [6, 6.07) is 20.4. The fourth-order valence-electron chi connectivity index (χ4n) is 3.32. The summed E-state index contributed by atoms with van der Waals surface area (Å²) in [6.07, 6.45) is 0. The molecule has 0 aliphatic carbocycles. The van der Waals surface area contributed by atoms with Gasteiger partial charge in [-0.1, -0.05) is 30.3 Å². The number of benzene rings is 3. The Morgan fingerprint density at radius 3 is 2.70 bits per heavy atom. The largest absolute Gasteiger partial charge is 0.497 e. The molecule has 1 aliphatic rings. The van der Waals surface area contributed by atoms with Crippen LogP contribution < -0.4 is 15.0 Å². The van der Waals surface area contributed by atoms with E-state index in [1.165, 1.54) is 30.0 Å². The smallest absolute Gasteiger partial charge is 0.258 e. The van der Waals surface area contributed by atoms with E-state index in [2.05, 4.69) is 5.32 Å². The SMILES string of the molecule is COc1cccc(N2C(=O)CSC2c2cccc(NC(=O)c3ccccc3F)c2)c1. The molecule has 0 saturated carbocycles. The van der Waals surface area contributed by atoms with Gasteiger partial charge in [-0.15, -0.1) is 11.8 Å². The monoisotopic (exact) mass is 422 g/mol. The lowest BCUT2D eigenvalue weighted by Crippen LogP contribution is -2.27. The number of hydrogen-bond acceptors (Lipinski definition) is 4. The molecule has 4 rings (SSSR count). The highest BCUT2D eigenvalue weighted by atomic mass is 32.2. The summed E-state index contributed by atoms with van der Waals surface area (Å²) in [5, 5.41) is 2.49. The third-order valence-electron chi connectivity index (χ3n) is 4.75. The molecule has 0 spiro atoms. The minimum absolute atomic E-state index is 0.000881. The van der Waals surface area contributed by atoms with Crippen molar-refractivity contribution in [2.75, 3.05) is 23.1 Å². The first-order valence-electron chi connectivity index (χ1n) is 9.30. The summed E-state index contributed by atoms with van der Waals surface area (Å²) in [7, 11) is 1.58. The van der Waals surface area contributed by atoms with Gasteiger partial charge in [0.05, 0.1) is 18.4 Å². The van der Waals surface area contributed by atoms with Crippen LogP contribution in [0.5, 0.6) is 5.75 Å². The summed E-state index contributed by atoms with van der Waals surface area (Å²) in [4.78, 5) is 26.8. The summed E-state index contributed by atoms with van der Waals surface area (Å²) in [5.74, 6) is -0.0773. The topological polar surface area (TPSA) is 58.6 Å². The second-order valence-electron chi connectivity index (χ2n) is 6.69. The van der Waals surface area contributed by atoms with Crippen LogP contribution in [0.3, 0.4) is 0 Å². The van der Waals surface area contributed by atoms with Gasteiger partial charge in [0.1, 0.15) is 16.9 Å². The number of carbonyl (C=O) groups excluding carboxylic acids is 2. The van der Waals surface area contributed by atoms with Crippen LogP contribution in [0.4, 0.5) is 15.8 Å². The number of nitrogens with one attached hydrogen (secondary N) is 1. The first kappa shape index (κ1) is 20.0. The number of halogens is 1. The van der Waals surface area contributed by atoms with Crippen molar-refractivity contribution < 1.29 is 18.7 Å². The molecule has 0 bridgehead atoms. The van der Waals surface area contributed by atoms with Crippen molar-refractivity contribution >= 4 is 35.0 Å². The van der Waals surface area contributed by atoms with Gasteiger partial charge >= 0.3 is 0 Å². The molecule has 1 N–H and O–H groups in total. The molecule has 152 valence electrons. The van der Waals surface area contributed by atoms with Crippen molar-refractivity contribution in [3.63, 3.8) is 0 Å². The van der Waals surface area contributed by atoms with Gasteiger partial charge in [-0.05, 0) is 42.0 Å². The first-order valence-corrected chi connectivity index (χ1v) is 10.4. The molecule has 5 nitrogen and oxygen atoms in total. The number of nitrogens with zero attached hydrogens (tertiary/aromatic N) is 1. The molecule has 1 fully saturated rings. The van der Waals surface area contributed by atoms with Crippen LogP contribution in [0.25, 0.3) is 0 Å². The molecule has 1 saturated heterocycles. The molecular weight excluding hydrogens is 403 g/mol. The van der Waals surface area contributed by atoms with Gasteiger partial charge in [-0.3, -0.25) is 14.5 Å². The highest BCUT2D eigenvalue weighted by molar-refractivity contribution is 8.00. The Bertz CT molecular complexity index is 1110. The zero-order valence-electron chi connectivity index (χ0n) is 16.2. The van der Waals surface area contributed by atoms with Crippen molar-refractivity contribution in [1.82, 2.24) is 0 Å². The Hall–Kier alpha value is -3.32. The minimum Gasteiger partial charge on any atom is -0.497 e. The van der Waals surface area contributed by atoms with Crippen molar-refractivity contribution in [3.8, 4) is 5.75 Å². The summed E-state index contributed by atoms with van der Waals surface area (Å²) < 4.78 is 19.2. The van der Waals surface area contributed by atoms with E-state index >= 15 is 0 Å². The van der Waals surface area contributed by atoms with Crippen molar-refractivity contribution in [2.24, 2.45) is 0 Å². The Morgan fingerprint density at radius 1 is 1.10 bits per heavy atom. The highest BCUT2D eigenvalue weighted by Gasteiger charge is 2.34. The third-order valence-corrected chi connectivity index (χ3v) is 5.96. The zero-order valence-corrected chi connectivity index (χ0v) is 17.0. The maximum atomic E-state index is 13.9. The average molecular weight is 422 g/mol. The molecule has 1 atom stereocenters. The van der Waals surface area contributed by atoms with Crippen LogP contribution in [0.15, 0.2) is 72.8 Å². The standard InChI is InChI=1S/C23H19FN2O3S/c1-29-18-9-5-8-17(13-18)26-21(27)14-30-23(26)15-6-4-7-16(12-15)25-22(28)19-10-2-3-11-20(19)24/h2-13,23H,14H2,1H3,(H,25,28). The van der Waals surface area contributed by atoms with Gasteiger partial charge in [-0.2, -0.15) is 0 Å². The molecule has 7 heteroatoms. The number of thioether (sulfide) groups is 1. The quantitative estimate of drug-likeness (QED) is 0.638. The van der Waals surface area contributed by atoms with E-state index in [4.69, 9.17) is 4.74 Å². The second-order valence-corrected chi connectivity index (χ2v) is 7.76. The summed E-state index contributed by atoms with van der Waals surface area (Å²) in [6.45, 7) is 0. The zero-order chi connectivity index (χ0) is 21.1. The van der Waals surface area contributed by atoms with Crippen LogP contribution in [0.2, 0.25) is 0 Å². The number of amides is 2. The molecule has 0 aromatic heterocycles. The first-order chi connectivity index (χ1) is 14.6. The molecule has 0 radical (unpaired) electrons. The fourth-order valence-corrected chi connectivity index (χ4v) is 4.49. The number of methoxy groups -OCH3 is 1. The number of anilines is 2. The van der Waals surface area contributed by atoms with E-state index < -0.39 is 11.7 Å². The predicted octanol–water partition coefficient (Wildman–Crippen LogP) is 4.87. The van der Waals surface area contributed by atoms with Crippen LogP contribution in [0.1, 0.15) is 21.3 Å². The molecule has 2 amide bonds. The van der Waals surface area contributed by atoms with E-state index in [-0.39, 0.29) is 16.8 Å². The Balaban J connectivity index is 1.60. The van der Waals surface area contributed by atoms with E-state index in [1.54, 1.807) is 30.2 Å². The lowest BCUT2D eigenvalue weighted by Gasteiger charge is -2.25. The van der Waals surface area contributed by atoms with Gasteiger partial charge in [0.25, 0.3) is 5.91 Å². The van der Waals surface area contributed by atoms with E-state index in [9.17, 15) is 14.0 Å². The van der Waals surface area contributed by atoms with E-state index in [1.807, 2.05) is 36.4 Å². The maximum Gasteiger partial charge on any atom is 0.258 e. The number of ether oxygens (including phenoxy) is 1. The molecule has 1 heterocycles. The highest BCUT2D eigenvalue weighted by Crippen LogP contribution is 2.42. The molecule has 3 aromatic rings. The van der Waals surface area contributed by atoms with Crippen LogP contribution in [0, 0.1) is 5.82 Å². The Morgan fingerprint density at radius 2 is 1.90 bits per heavy atom. The lowest BCUT2D eigenvalue weighted by atomic mass is 10.1. The van der Waals surface area contributed by atoms with Crippen LogP contribution >= 0.6 is 11.8 Å². The van der Waals surface area contributed by atoms with E-state index in [0.29, 0.717) is 17.2 Å². The predicted molar refractivity (Wildman–Crippen MR) is 116 cm³/mol. The summed E-state index contributed by atoms with van der Waals surface area (Å²) in [5.41, 5.74) is 2.12. The Labute approximate surface area is 177 Å². The van der Waals surface area contributed by atoms with Crippen LogP contribution in [-0.4, -0.2) is 24.7 Å². The number of carbonyl (C=O) groups is 2. The van der Waals surface area contributed by atoms with Gasteiger partial charge in [0.15, 0.2) is 0 Å². The maximum absolute atomic E-state index is 13.9. The van der Waals surface area contributed by atoms with Crippen molar-refractivity contribution in [3.05, 3.63) is 89.7 Å². The molecule has 30 heavy (non-hydrogen) atoms. The Kier molecular flexibility index (Phi) is 5.72. The van der Waals surface area contributed by atoms with Crippen molar-refractivity contribution in [2.45, 2.75) is 5.37 Å². The molecule has 1 aliphatic heterocycles. The molecule has 3 aromatic carbocycles. The lowest BCUT2D eigenvalue weighted by molar-refractivity contribution is -0.115. The van der Waals surface area contributed by atoms with Crippen LogP contribution in [-0.2, 0) is 4.79 Å². The molecule has 1 unspecified atom stereocenters. The van der Waals surface area contributed by atoms with E-state index in [0.717, 1.165) is 11.3 Å². The van der Waals surface area contributed by atoms with Gasteiger partial charge in [0, 0.05) is 17.4 Å². The van der Waals surface area contributed by atoms with Gasteiger partial charge in [0.2, 0.25) is 5.91 Å². The van der Waals surface area contributed by atoms with Gasteiger partial charge < -0.3 is 10.1 Å². The number of rotatable bonds is 5. The van der Waals surface area contributed by atoms with Gasteiger partial charge in [-0.25, -0.2) is 4.39 Å². The van der Waals surface area contributed by atoms with Crippen molar-refractivity contribution in [1.29, 1.82) is 0 Å². The second kappa shape index (κ2) is 8.59. The average Bonchev–Trinajstić information content (AvgIpc) is 3.15.